The van der Waals surface area contributed by atoms with E-state index in [-0.39, 0.29) is 17.7 Å². The summed E-state index contributed by atoms with van der Waals surface area (Å²) < 4.78 is 12.3. The lowest BCUT2D eigenvalue weighted by molar-refractivity contribution is -0.123. The number of hydrogen-bond acceptors (Lipinski definition) is 5. The number of amides is 2. The lowest BCUT2D eigenvalue weighted by Gasteiger charge is -2.15. The van der Waals surface area contributed by atoms with E-state index in [2.05, 4.69) is 15.9 Å². The minimum absolute atomic E-state index is 0.192. The van der Waals surface area contributed by atoms with Crippen molar-refractivity contribution in [1.29, 1.82) is 0 Å². The van der Waals surface area contributed by atoms with E-state index in [1.807, 2.05) is 37.3 Å². The van der Waals surface area contributed by atoms with Crippen molar-refractivity contribution in [3.05, 3.63) is 97.3 Å². The highest BCUT2D eigenvalue weighted by molar-refractivity contribution is 9.10. The molecule has 0 aliphatic carbocycles. The van der Waals surface area contributed by atoms with Gasteiger partial charge in [-0.25, -0.2) is 0 Å². The number of benzene rings is 3. The SMILES string of the molecule is COc1cc(/C=C2\SC(=O)N(Cc3ccc(Cl)cc3)C2=O)cc(Br)c1OCc1ccccc1C. The van der Waals surface area contributed by atoms with Gasteiger partial charge in [-0.05, 0) is 87.2 Å². The van der Waals surface area contributed by atoms with Crippen LogP contribution in [0.5, 0.6) is 11.5 Å². The first-order chi connectivity index (χ1) is 16.4. The first kappa shape index (κ1) is 24.4. The van der Waals surface area contributed by atoms with Crippen LogP contribution in [-0.4, -0.2) is 23.2 Å². The predicted octanol–water partition coefficient (Wildman–Crippen LogP) is 7.24. The van der Waals surface area contributed by atoms with Gasteiger partial charge in [0.25, 0.3) is 11.1 Å². The zero-order valence-electron chi connectivity index (χ0n) is 18.5. The average molecular weight is 559 g/mol. The molecule has 3 aromatic rings. The van der Waals surface area contributed by atoms with Gasteiger partial charge in [-0.15, -0.1) is 0 Å². The third-order valence-corrected chi connectivity index (χ3v) is 7.06. The fraction of sp³-hybridized carbons (Fsp3) is 0.154. The smallest absolute Gasteiger partial charge is 0.293 e. The van der Waals surface area contributed by atoms with Crippen LogP contribution in [0.15, 0.2) is 70.0 Å². The Balaban J connectivity index is 1.53. The fourth-order valence-electron chi connectivity index (χ4n) is 3.45. The maximum Gasteiger partial charge on any atom is 0.293 e. The van der Waals surface area contributed by atoms with Gasteiger partial charge in [-0.3, -0.25) is 14.5 Å². The number of ether oxygens (including phenoxy) is 2. The van der Waals surface area contributed by atoms with Gasteiger partial charge < -0.3 is 9.47 Å². The summed E-state index contributed by atoms with van der Waals surface area (Å²) >= 11 is 10.4. The van der Waals surface area contributed by atoms with E-state index in [0.717, 1.165) is 28.5 Å². The van der Waals surface area contributed by atoms with Gasteiger partial charge in [-0.1, -0.05) is 48.0 Å². The molecule has 4 rings (SSSR count). The van der Waals surface area contributed by atoms with E-state index in [1.165, 1.54) is 4.90 Å². The lowest BCUT2D eigenvalue weighted by Crippen LogP contribution is -2.27. The second-order valence-electron chi connectivity index (χ2n) is 7.64. The Bertz CT molecular complexity index is 1280. The van der Waals surface area contributed by atoms with Crippen molar-refractivity contribution in [2.75, 3.05) is 7.11 Å². The number of carbonyl (C=O) groups excluding carboxylic acids is 2. The van der Waals surface area contributed by atoms with Crippen molar-refractivity contribution in [3.63, 3.8) is 0 Å². The van der Waals surface area contributed by atoms with Gasteiger partial charge in [0, 0.05) is 5.02 Å². The zero-order chi connectivity index (χ0) is 24.2. The Morgan fingerprint density at radius 1 is 1.09 bits per heavy atom. The van der Waals surface area contributed by atoms with Gasteiger partial charge >= 0.3 is 0 Å². The highest BCUT2D eigenvalue weighted by atomic mass is 79.9. The molecule has 174 valence electrons. The third-order valence-electron chi connectivity index (χ3n) is 5.31. The molecule has 2 amide bonds. The maximum atomic E-state index is 12.9. The molecule has 8 heteroatoms. The Kier molecular flexibility index (Phi) is 7.66. The minimum atomic E-state index is -0.333. The molecule has 1 fully saturated rings. The monoisotopic (exact) mass is 557 g/mol. The summed E-state index contributed by atoms with van der Waals surface area (Å²) in [4.78, 5) is 27.0. The van der Waals surface area contributed by atoms with Crippen LogP contribution in [0.3, 0.4) is 0 Å². The van der Waals surface area contributed by atoms with Gasteiger partial charge in [0.05, 0.1) is 23.0 Å². The van der Waals surface area contributed by atoms with Crippen LogP contribution >= 0.6 is 39.3 Å². The third kappa shape index (κ3) is 5.49. The van der Waals surface area contributed by atoms with Crippen LogP contribution in [0, 0.1) is 6.92 Å². The molecule has 0 radical (unpaired) electrons. The molecule has 1 saturated heterocycles. The van der Waals surface area contributed by atoms with E-state index in [0.29, 0.717) is 38.1 Å². The molecule has 0 N–H and O–H groups in total. The van der Waals surface area contributed by atoms with Crippen LogP contribution in [0.25, 0.3) is 6.08 Å². The van der Waals surface area contributed by atoms with E-state index in [1.54, 1.807) is 43.5 Å². The average Bonchev–Trinajstić information content (AvgIpc) is 3.07. The Labute approximate surface area is 215 Å². The van der Waals surface area contributed by atoms with E-state index in [4.69, 9.17) is 21.1 Å². The predicted molar refractivity (Wildman–Crippen MR) is 139 cm³/mol. The summed E-state index contributed by atoms with van der Waals surface area (Å²) in [6.45, 7) is 2.62. The summed E-state index contributed by atoms with van der Waals surface area (Å²) in [7, 11) is 1.56. The molecule has 0 aromatic heterocycles. The summed E-state index contributed by atoms with van der Waals surface area (Å²) in [5.41, 5.74) is 3.76. The quantitative estimate of drug-likeness (QED) is 0.286. The van der Waals surface area contributed by atoms with Crippen LogP contribution in [-0.2, 0) is 17.9 Å². The second-order valence-corrected chi connectivity index (χ2v) is 9.93. The molecule has 3 aromatic carbocycles. The normalized spacial score (nSPS) is 14.7. The zero-order valence-corrected chi connectivity index (χ0v) is 21.7. The molecular formula is C26H21BrClNO4S. The molecule has 0 bridgehead atoms. The molecule has 0 spiro atoms. The fourth-order valence-corrected chi connectivity index (χ4v) is 4.98. The second kappa shape index (κ2) is 10.7. The van der Waals surface area contributed by atoms with Gasteiger partial charge in [-0.2, -0.15) is 0 Å². The number of carbonyl (C=O) groups is 2. The molecule has 0 atom stereocenters. The molecule has 5 nitrogen and oxygen atoms in total. The van der Waals surface area contributed by atoms with Crippen molar-refractivity contribution < 1.29 is 19.1 Å². The van der Waals surface area contributed by atoms with E-state index < -0.39 is 0 Å². The van der Waals surface area contributed by atoms with Crippen LogP contribution < -0.4 is 9.47 Å². The van der Waals surface area contributed by atoms with Crippen LogP contribution in [0.1, 0.15) is 22.3 Å². The number of halogens is 2. The Morgan fingerprint density at radius 3 is 2.53 bits per heavy atom. The highest BCUT2D eigenvalue weighted by Gasteiger charge is 2.35. The van der Waals surface area contributed by atoms with Crippen LogP contribution in [0.4, 0.5) is 4.79 Å². The van der Waals surface area contributed by atoms with Crippen molar-refractivity contribution in [3.8, 4) is 11.5 Å². The molecule has 1 aliphatic rings. The number of imide groups is 1. The first-order valence-electron chi connectivity index (χ1n) is 10.4. The van der Waals surface area contributed by atoms with Gasteiger partial charge in [0.2, 0.25) is 0 Å². The van der Waals surface area contributed by atoms with Crippen molar-refractivity contribution >= 4 is 56.5 Å². The van der Waals surface area contributed by atoms with Gasteiger partial charge in [0.15, 0.2) is 11.5 Å². The van der Waals surface area contributed by atoms with E-state index in [9.17, 15) is 9.59 Å². The summed E-state index contributed by atoms with van der Waals surface area (Å²) in [5, 5.41) is 0.291. The highest BCUT2D eigenvalue weighted by Crippen LogP contribution is 2.40. The molecule has 0 unspecified atom stereocenters. The molecule has 1 aliphatic heterocycles. The lowest BCUT2D eigenvalue weighted by atomic mass is 10.1. The minimum Gasteiger partial charge on any atom is -0.493 e. The molecule has 0 saturated carbocycles. The first-order valence-corrected chi connectivity index (χ1v) is 12.4. The largest absolute Gasteiger partial charge is 0.493 e. The number of hydrogen-bond donors (Lipinski definition) is 0. The Morgan fingerprint density at radius 2 is 1.82 bits per heavy atom. The summed E-state index contributed by atoms with van der Waals surface area (Å²) in [6.07, 6.45) is 1.69. The number of aryl methyl sites for hydroxylation is 1. The standard InChI is InChI=1S/C26H21BrClNO4S/c1-16-5-3-4-6-19(16)15-33-24-21(27)11-18(12-22(24)32-2)13-23-25(30)29(26(31)34-23)14-17-7-9-20(28)10-8-17/h3-13H,14-15H2,1-2H3/b23-13-. The Hall–Kier alpha value is -2.74. The van der Waals surface area contributed by atoms with E-state index >= 15 is 0 Å². The van der Waals surface area contributed by atoms with Crippen molar-refractivity contribution in [2.24, 2.45) is 0 Å². The van der Waals surface area contributed by atoms with Crippen molar-refractivity contribution in [2.45, 2.75) is 20.1 Å². The van der Waals surface area contributed by atoms with Crippen LogP contribution in [0.2, 0.25) is 5.02 Å². The number of rotatable bonds is 7. The summed E-state index contributed by atoms with van der Waals surface area (Å²) in [5.74, 6) is 0.758. The number of thioether (sulfide) groups is 1. The molecule has 1 heterocycles. The van der Waals surface area contributed by atoms with Gasteiger partial charge in [0.1, 0.15) is 6.61 Å². The number of methoxy groups -OCH3 is 1. The topological polar surface area (TPSA) is 55.8 Å². The van der Waals surface area contributed by atoms with Crippen molar-refractivity contribution in [1.82, 2.24) is 4.90 Å². The summed E-state index contributed by atoms with van der Waals surface area (Å²) in [6, 6.07) is 18.7. The molecule has 34 heavy (non-hydrogen) atoms. The number of nitrogens with zero attached hydrogens (tertiary/aromatic N) is 1. The molecular weight excluding hydrogens is 538 g/mol. The maximum absolute atomic E-state index is 12.9.